The normalized spacial score (nSPS) is 15.0. The lowest BCUT2D eigenvalue weighted by atomic mass is 10.1. The summed E-state index contributed by atoms with van der Waals surface area (Å²) in [4.78, 5) is 18.4. The van der Waals surface area contributed by atoms with E-state index >= 15 is 0 Å². The van der Waals surface area contributed by atoms with Gasteiger partial charge in [-0.05, 0) is 55.3 Å². The van der Waals surface area contributed by atoms with Crippen LogP contribution in [0.1, 0.15) is 28.1 Å². The fourth-order valence-electron chi connectivity index (χ4n) is 3.42. The Kier molecular flexibility index (Phi) is 4.29. The van der Waals surface area contributed by atoms with Gasteiger partial charge in [-0.15, -0.1) is 0 Å². The summed E-state index contributed by atoms with van der Waals surface area (Å²) < 4.78 is 1.03. The minimum atomic E-state index is 0.0424. The number of carbonyl (C=O) groups excluding carboxylic acids is 1. The van der Waals surface area contributed by atoms with Gasteiger partial charge in [-0.25, -0.2) is 0 Å². The molecule has 0 unspecified atom stereocenters. The molecule has 4 heteroatoms. The summed E-state index contributed by atoms with van der Waals surface area (Å²) in [6.07, 6.45) is 1.98. The number of para-hydroxylation sites is 1. The van der Waals surface area contributed by atoms with Crippen molar-refractivity contribution in [1.29, 1.82) is 0 Å². The van der Waals surface area contributed by atoms with Crippen molar-refractivity contribution in [3.8, 4) is 0 Å². The average molecular weight is 407 g/mol. The van der Waals surface area contributed by atoms with Crippen molar-refractivity contribution in [1.82, 2.24) is 4.98 Å². The van der Waals surface area contributed by atoms with Crippen molar-refractivity contribution in [3.05, 3.63) is 87.1 Å². The van der Waals surface area contributed by atoms with E-state index < -0.39 is 0 Å². The number of nitrogens with one attached hydrogen (secondary N) is 1. The SMILES string of the molecule is Cc1cc(C)c(/C=C2\C(=O)N(Cc3ccc(Br)cc3)c3ccccc32)[nH]1. The number of anilines is 1. The minimum absolute atomic E-state index is 0.0424. The number of aryl methyl sites for hydroxylation is 2. The van der Waals surface area contributed by atoms with Gasteiger partial charge in [-0.3, -0.25) is 4.79 Å². The molecule has 4 rings (SSSR count). The Bertz CT molecular complexity index is 1010. The van der Waals surface area contributed by atoms with Crippen LogP contribution < -0.4 is 4.90 Å². The van der Waals surface area contributed by atoms with Crippen LogP contribution in [0.15, 0.2) is 59.1 Å². The van der Waals surface area contributed by atoms with E-state index in [-0.39, 0.29) is 5.91 Å². The largest absolute Gasteiger partial charge is 0.359 e. The molecular formula is C22H19BrN2O. The lowest BCUT2D eigenvalue weighted by Gasteiger charge is -2.17. The van der Waals surface area contributed by atoms with Crippen molar-refractivity contribution in [2.24, 2.45) is 0 Å². The molecule has 0 aliphatic carbocycles. The fraction of sp³-hybridized carbons (Fsp3) is 0.136. The van der Waals surface area contributed by atoms with E-state index in [0.29, 0.717) is 6.54 Å². The standard InChI is InChI=1S/C22H19BrN2O/c1-14-11-15(2)24-20(14)12-19-18-5-3-4-6-21(18)25(22(19)26)13-16-7-9-17(23)10-8-16/h3-12,24H,13H2,1-2H3/b19-12-. The van der Waals surface area contributed by atoms with Crippen LogP contribution in [0.4, 0.5) is 5.69 Å². The predicted octanol–water partition coefficient (Wildman–Crippen LogP) is 5.48. The number of aromatic amines is 1. The van der Waals surface area contributed by atoms with Crippen LogP contribution in [0, 0.1) is 13.8 Å². The van der Waals surface area contributed by atoms with Gasteiger partial charge in [0.2, 0.25) is 0 Å². The van der Waals surface area contributed by atoms with Crippen LogP contribution in [0.2, 0.25) is 0 Å². The van der Waals surface area contributed by atoms with Gasteiger partial charge in [-0.1, -0.05) is 46.3 Å². The predicted molar refractivity (Wildman–Crippen MR) is 110 cm³/mol. The molecule has 0 saturated carbocycles. The zero-order valence-electron chi connectivity index (χ0n) is 14.7. The summed E-state index contributed by atoms with van der Waals surface area (Å²) in [7, 11) is 0. The number of amides is 1. The lowest BCUT2D eigenvalue weighted by Crippen LogP contribution is -2.25. The third kappa shape index (κ3) is 3.01. The van der Waals surface area contributed by atoms with Crippen LogP contribution in [-0.4, -0.2) is 10.9 Å². The Morgan fingerprint density at radius 1 is 1.08 bits per heavy atom. The number of hydrogen-bond donors (Lipinski definition) is 1. The Morgan fingerprint density at radius 2 is 1.81 bits per heavy atom. The van der Waals surface area contributed by atoms with E-state index in [0.717, 1.165) is 43.8 Å². The number of fused-ring (bicyclic) bond motifs is 1. The van der Waals surface area contributed by atoms with Crippen molar-refractivity contribution in [3.63, 3.8) is 0 Å². The molecule has 1 aromatic heterocycles. The molecule has 1 aliphatic rings. The molecule has 2 heterocycles. The molecule has 0 spiro atoms. The highest BCUT2D eigenvalue weighted by molar-refractivity contribution is 9.10. The minimum Gasteiger partial charge on any atom is -0.359 e. The summed E-state index contributed by atoms with van der Waals surface area (Å²) in [5.74, 6) is 0.0424. The van der Waals surface area contributed by atoms with Crippen LogP contribution >= 0.6 is 15.9 Å². The van der Waals surface area contributed by atoms with Gasteiger partial charge in [0.25, 0.3) is 5.91 Å². The highest BCUT2D eigenvalue weighted by atomic mass is 79.9. The number of carbonyl (C=O) groups is 1. The quantitative estimate of drug-likeness (QED) is 0.574. The maximum absolute atomic E-state index is 13.2. The summed E-state index contributed by atoms with van der Waals surface area (Å²) in [6.45, 7) is 4.64. The first-order valence-electron chi connectivity index (χ1n) is 8.56. The summed E-state index contributed by atoms with van der Waals surface area (Å²) >= 11 is 3.46. The topological polar surface area (TPSA) is 36.1 Å². The third-order valence-electron chi connectivity index (χ3n) is 4.69. The molecule has 3 nitrogen and oxygen atoms in total. The van der Waals surface area contributed by atoms with Gasteiger partial charge in [0.15, 0.2) is 0 Å². The van der Waals surface area contributed by atoms with Gasteiger partial charge in [-0.2, -0.15) is 0 Å². The number of nitrogens with zero attached hydrogens (tertiary/aromatic N) is 1. The first-order valence-corrected chi connectivity index (χ1v) is 9.36. The monoisotopic (exact) mass is 406 g/mol. The molecule has 0 radical (unpaired) electrons. The molecule has 1 aliphatic heterocycles. The number of aromatic nitrogens is 1. The molecule has 130 valence electrons. The molecule has 0 fully saturated rings. The summed E-state index contributed by atoms with van der Waals surface area (Å²) in [5.41, 5.74) is 7.03. The summed E-state index contributed by atoms with van der Waals surface area (Å²) in [5, 5.41) is 0. The Morgan fingerprint density at radius 3 is 2.50 bits per heavy atom. The van der Waals surface area contributed by atoms with Crippen LogP contribution in [0.25, 0.3) is 11.6 Å². The Labute approximate surface area is 161 Å². The maximum Gasteiger partial charge on any atom is 0.259 e. The number of H-pyrrole nitrogens is 1. The van der Waals surface area contributed by atoms with Crippen molar-refractivity contribution < 1.29 is 4.79 Å². The van der Waals surface area contributed by atoms with E-state index in [4.69, 9.17) is 0 Å². The second-order valence-corrected chi connectivity index (χ2v) is 7.56. The first-order chi connectivity index (χ1) is 12.5. The third-order valence-corrected chi connectivity index (χ3v) is 5.22. The van der Waals surface area contributed by atoms with Crippen LogP contribution in [0.5, 0.6) is 0 Å². The second-order valence-electron chi connectivity index (χ2n) is 6.64. The van der Waals surface area contributed by atoms with Gasteiger partial charge in [0.1, 0.15) is 0 Å². The van der Waals surface area contributed by atoms with Crippen molar-refractivity contribution >= 4 is 39.2 Å². The zero-order valence-corrected chi connectivity index (χ0v) is 16.3. The second kappa shape index (κ2) is 6.61. The number of rotatable bonds is 3. The van der Waals surface area contributed by atoms with Crippen LogP contribution in [-0.2, 0) is 11.3 Å². The van der Waals surface area contributed by atoms with Gasteiger partial charge in [0.05, 0.1) is 17.8 Å². The number of halogens is 1. The van der Waals surface area contributed by atoms with E-state index in [9.17, 15) is 4.79 Å². The van der Waals surface area contributed by atoms with Crippen molar-refractivity contribution in [2.75, 3.05) is 4.90 Å². The molecule has 1 N–H and O–H groups in total. The molecule has 1 amide bonds. The molecular weight excluding hydrogens is 388 g/mol. The number of benzene rings is 2. The smallest absolute Gasteiger partial charge is 0.259 e. The molecule has 2 aromatic carbocycles. The first kappa shape index (κ1) is 16.9. The van der Waals surface area contributed by atoms with Crippen molar-refractivity contribution in [2.45, 2.75) is 20.4 Å². The van der Waals surface area contributed by atoms with Gasteiger partial charge in [0, 0.05) is 21.4 Å². The Balaban J connectivity index is 1.75. The maximum atomic E-state index is 13.2. The number of hydrogen-bond acceptors (Lipinski definition) is 1. The zero-order chi connectivity index (χ0) is 18.3. The fourth-order valence-corrected chi connectivity index (χ4v) is 3.68. The molecule has 0 atom stereocenters. The van der Waals surface area contributed by atoms with E-state index in [2.05, 4.69) is 33.9 Å². The molecule has 0 saturated heterocycles. The highest BCUT2D eigenvalue weighted by Crippen LogP contribution is 2.38. The van der Waals surface area contributed by atoms with Gasteiger partial charge < -0.3 is 9.88 Å². The van der Waals surface area contributed by atoms with E-state index in [1.807, 2.05) is 66.4 Å². The molecule has 0 bridgehead atoms. The summed E-state index contributed by atoms with van der Waals surface area (Å²) in [6, 6.07) is 18.2. The lowest BCUT2D eigenvalue weighted by molar-refractivity contribution is -0.113. The van der Waals surface area contributed by atoms with Gasteiger partial charge >= 0.3 is 0 Å². The molecule has 3 aromatic rings. The Hall–Kier alpha value is -2.59. The highest BCUT2D eigenvalue weighted by Gasteiger charge is 2.32. The molecule has 26 heavy (non-hydrogen) atoms. The van der Waals surface area contributed by atoms with Crippen LogP contribution in [0.3, 0.4) is 0 Å². The van der Waals surface area contributed by atoms with E-state index in [1.165, 1.54) is 0 Å². The van der Waals surface area contributed by atoms with E-state index in [1.54, 1.807) is 0 Å². The average Bonchev–Trinajstić information content (AvgIpc) is 3.08.